The van der Waals surface area contributed by atoms with Crippen molar-refractivity contribution in [1.29, 1.82) is 0 Å². The zero-order chi connectivity index (χ0) is 14.9. The Morgan fingerprint density at radius 2 is 1.95 bits per heavy atom. The summed E-state index contributed by atoms with van der Waals surface area (Å²) in [5, 5.41) is 0. The number of rotatable bonds is 3. The number of nitrogens with zero attached hydrogens (tertiary/aromatic N) is 1. The monoisotopic (exact) mass is 364 g/mol. The van der Waals surface area contributed by atoms with Gasteiger partial charge in [-0.25, -0.2) is 4.39 Å². The Labute approximate surface area is 127 Å². The van der Waals surface area contributed by atoms with Crippen LogP contribution in [-0.2, 0) is 10.2 Å². The smallest absolute Gasteiger partial charge is 0.271 e. The number of aryl methyl sites for hydroxylation is 1. The summed E-state index contributed by atoms with van der Waals surface area (Å²) < 4.78 is 42.2. The van der Waals surface area contributed by atoms with Gasteiger partial charge < -0.3 is 0 Å². The molecule has 1 saturated heterocycles. The molecule has 1 aromatic rings. The second-order valence-electron chi connectivity index (χ2n) is 5.27. The Bertz CT molecular complexity index is 599. The lowest BCUT2D eigenvalue weighted by Gasteiger charge is -2.29. The van der Waals surface area contributed by atoms with E-state index in [4.69, 9.17) is 0 Å². The highest BCUT2D eigenvalue weighted by atomic mass is 79.9. The van der Waals surface area contributed by atoms with E-state index in [1.54, 1.807) is 6.92 Å². The van der Waals surface area contributed by atoms with Gasteiger partial charge >= 0.3 is 10.2 Å². The van der Waals surface area contributed by atoms with Crippen molar-refractivity contribution in [3.8, 4) is 0 Å². The molecule has 1 fully saturated rings. The van der Waals surface area contributed by atoms with E-state index in [9.17, 15) is 12.8 Å². The standard InChI is InChI=1S/C13H18BrFN2O2S/c1-9-3-5-17(6-4-9)20(18,19)16-13-8-11(14)12(15)7-10(13)2/h7-9,16H,3-6H2,1-2H3. The number of piperidine rings is 1. The van der Waals surface area contributed by atoms with Crippen LogP contribution in [0, 0.1) is 18.7 Å². The summed E-state index contributed by atoms with van der Waals surface area (Å²) >= 11 is 3.07. The van der Waals surface area contributed by atoms with Crippen LogP contribution in [0.4, 0.5) is 10.1 Å². The molecule has 1 aromatic carbocycles. The van der Waals surface area contributed by atoms with E-state index < -0.39 is 16.0 Å². The lowest BCUT2D eigenvalue weighted by atomic mass is 10.0. The van der Waals surface area contributed by atoms with Gasteiger partial charge in [-0.05, 0) is 59.3 Å². The van der Waals surface area contributed by atoms with E-state index in [-0.39, 0.29) is 4.47 Å². The fourth-order valence-corrected chi connectivity index (χ4v) is 3.85. The summed E-state index contributed by atoms with van der Waals surface area (Å²) in [5.41, 5.74) is 0.955. The molecule has 0 unspecified atom stereocenters. The fraction of sp³-hybridized carbons (Fsp3) is 0.538. The van der Waals surface area contributed by atoms with Crippen LogP contribution in [0.15, 0.2) is 16.6 Å². The van der Waals surface area contributed by atoms with E-state index in [2.05, 4.69) is 27.6 Å². The zero-order valence-corrected chi connectivity index (χ0v) is 13.9. The van der Waals surface area contributed by atoms with Gasteiger partial charge in [0.1, 0.15) is 5.82 Å². The molecule has 0 aromatic heterocycles. The molecular weight excluding hydrogens is 347 g/mol. The largest absolute Gasteiger partial charge is 0.301 e. The van der Waals surface area contributed by atoms with Crippen LogP contribution in [-0.4, -0.2) is 25.8 Å². The van der Waals surface area contributed by atoms with Gasteiger partial charge in [0.25, 0.3) is 0 Å². The molecule has 0 atom stereocenters. The first-order chi connectivity index (χ1) is 9.29. The Morgan fingerprint density at radius 3 is 2.55 bits per heavy atom. The number of nitrogens with one attached hydrogen (secondary N) is 1. The van der Waals surface area contributed by atoms with E-state index in [1.807, 2.05) is 0 Å². The first-order valence-electron chi connectivity index (χ1n) is 6.53. The maximum absolute atomic E-state index is 13.4. The predicted molar refractivity (Wildman–Crippen MR) is 81.4 cm³/mol. The normalized spacial score (nSPS) is 18.2. The number of anilines is 1. The van der Waals surface area contributed by atoms with Gasteiger partial charge in [-0.1, -0.05) is 6.92 Å². The van der Waals surface area contributed by atoms with Crippen molar-refractivity contribution in [3.05, 3.63) is 28.0 Å². The van der Waals surface area contributed by atoms with Crippen LogP contribution in [0.3, 0.4) is 0 Å². The van der Waals surface area contributed by atoms with E-state index in [0.717, 1.165) is 12.8 Å². The predicted octanol–water partition coefficient (Wildman–Crippen LogP) is 3.29. The SMILES string of the molecule is Cc1cc(F)c(Br)cc1NS(=O)(=O)N1CCC(C)CC1. The number of benzene rings is 1. The maximum atomic E-state index is 13.4. The molecule has 0 spiro atoms. The molecular formula is C13H18BrFN2O2S. The van der Waals surface area contributed by atoms with Crippen LogP contribution in [0.1, 0.15) is 25.3 Å². The van der Waals surface area contributed by atoms with Gasteiger partial charge in [0.05, 0.1) is 10.2 Å². The molecule has 0 bridgehead atoms. The summed E-state index contributed by atoms with van der Waals surface area (Å²) in [6, 6.07) is 2.76. The van der Waals surface area contributed by atoms with Gasteiger partial charge in [0.2, 0.25) is 0 Å². The van der Waals surface area contributed by atoms with E-state index in [0.29, 0.717) is 30.3 Å². The van der Waals surface area contributed by atoms with Crippen molar-refractivity contribution < 1.29 is 12.8 Å². The average molecular weight is 365 g/mol. The maximum Gasteiger partial charge on any atom is 0.301 e. The molecule has 1 aliphatic rings. The molecule has 1 N–H and O–H groups in total. The lowest BCUT2D eigenvalue weighted by molar-refractivity contribution is 0.289. The first-order valence-corrected chi connectivity index (χ1v) is 8.76. The van der Waals surface area contributed by atoms with Crippen molar-refractivity contribution in [2.75, 3.05) is 17.8 Å². The van der Waals surface area contributed by atoms with Crippen molar-refractivity contribution in [1.82, 2.24) is 4.31 Å². The third-order valence-electron chi connectivity index (χ3n) is 3.59. The van der Waals surface area contributed by atoms with Crippen LogP contribution in [0.5, 0.6) is 0 Å². The summed E-state index contributed by atoms with van der Waals surface area (Å²) in [6.07, 6.45) is 1.74. The van der Waals surface area contributed by atoms with Gasteiger partial charge in [-0.2, -0.15) is 12.7 Å². The molecule has 0 saturated carbocycles. The van der Waals surface area contributed by atoms with E-state index in [1.165, 1.54) is 16.4 Å². The topological polar surface area (TPSA) is 49.4 Å². The molecule has 0 radical (unpaired) electrons. The summed E-state index contributed by atoms with van der Waals surface area (Å²) in [7, 11) is -3.57. The summed E-state index contributed by atoms with van der Waals surface area (Å²) in [6.45, 7) is 4.85. The lowest BCUT2D eigenvalue weighted by Crippen LogP contribution is -2.41. The molecule has 0 aliphatic carbocycles. The fourth-order valence-electron chi connectivity index (χ4n) is 2.18. The Morgan fingerprint density at radius 1 is 1.35 bits per heavy atom. The number of halogens is 2. The molecule has 4 nitrogen and oxygen atoms in total. The first kappa shape index (κ1) is 15.7. The minimum atomic E-state index is -3.57. The second-order valence-corrected chi connectivity index (χ2v) is 7.79. The van der Waals surface area contributed by atoms with Crippen LogP contribution in [0.25, 0.3) is 0 Å². The number of hydrogen-bond acceptors (Lipinski definition) is 2. The Kier molecular flexibility index (Phi) is 4.71. The van der Waals surface area contributed by atoms with Gasteiger partial charge in [0.15, 0.2) is 0 Å². The van der Waals surface area contributed by atoms with Crippen molar-refractivity contribution >= 4 is 31.8 Å². The molecule has 0 amide bonds. The van der Waals surface area contributed by atoms with Crippen LogP contribution < -0.4 is 4.72 Å². The third-order valence-corrected chi connectivity index (χ3v) is 5.72. The van der Waals surface area contributed by atoms with Crippen LogP contribution >= 0.6 is 15.9 Å². The zero-order valence-electron chi connectivity index (χ0n) is 11.5. The van der Waals surface area contributed by atoms with Crippen molar-refractivity contribution in [3.63, 3.8) is 0 Å². The molecule has 20 heavy (non-hydrogen) atoms. The molecule has 7 heteroatoms. The average Bonchev–Trinajstić information content (AvgIpc) is 2.36. The van der Waals surface area contributed by atoms with Crippen molar-refractivity contribution in [2.24, 2.45) is 5.92 Å². The van der Waals surface area contributed by atoms with Gasteiger partial charge in [-0.15, -0.1) is 0 Å². The highest BCUT2D eigenvalue weighted by Gasteiger charge is 2.26. The number of hydrogen-bond donors (Lipinski definition) is 1. The van der Waals surface area contributed by atoms with Crippen molar-refractivity contribution in [2.45, 2.75) is 26.7 Å². The van der Waals surface area contributed by atoms with E-state index >= 15 is 0 Å². The molecule has 1 heterocycles. The van der Waals surface area contributed by atoms with Gasteiger partial charge in [-0.3, -0.25) is 4.72 Å². The third kappa shape index (κ3) is 3.51. The Balaban J connectivity index is 2.18. The minimum Gasteiger partial charge on any atom is -0.271 e. The highest BCUT2D eigenvalue weighted by Crippen LogP contribution is 2.26. The second kappa shape index (κ2) is 5.99. The Hall–Kier alpha value is -0.660. The van der Waals surface area contributed by atoms with Gasteiger partial charge in [0, 0.05) is 13.1 Å². The molecule has 2 rings (SSSR count). The highest BCUT2D eigenvalue weighted by molar-refractivity contribution is 9.10. The summed E-state index contributed by atoms with van der Waals surface area (Å²) in [4.78, 5) is 0. The van der Waals surface area contributed by atoms with Crippen LogP contribution in [0.2, 0.25) is 0 Å². The quantitative estimate of drug-likeness (QED) is 0.894. The summed E-state index contributed by atoms with van der Waals surface area (Å²) in [5.74, 6) is 0.153. The molecule has 112 valence electrons. The molecule has 1 aliphatic heterocycles. The minimum absolute atomic E-state index is 0.244.